The zero-order valence-corrected chi connectivity index (χ0v) is 14.3. The van der Waals surface area contributed by atoms with Crippen LogP contribution in [0.15, 0.2) is 0 Å². The van der Waals surface area contributed by atoms with E-state index >= 15 is 0 Å². The summed E-state index contributed by atoms with van der Waals surface area (Å²) in [6.07, 6.45) is -3.64. The summed E-state index contributed by atoms with van der Waals surface area (Å²) in [5.74, 6) is -1.03. The number of rotatable bonds is 6. The lowest BCUT2D eigenvalue weighted by Gasteiger charge is -2.46. The number of likely N-dealkylation sites (N-methyl/N-ethyl adjacent to an activating group) is 1. The number of urea groups is 1. The average Bonchev–Trinajstić information content (AvgIpc) is 2.94. The minimum atomic E-state index is -2.28. The second-order valence-electron chi connectivity index (χ2n) is 5.94. The largest absolute Gasteiger partial charge is 0.382 e. The van der Waals surface area contributed by atoms with Gasteiger partial charge in [0.25, 0.3) is 11.0 Å². The number of ether oxygens (including phenoxy) is 3. The zero-order chi connectivity index (χ0) is 18.9. The van der Waals surface area contributed by atoms with Crippen LogP contribution in [-0.4, -0.2) is 90.1 Å². The molecular formula is C13H21N3O9. The van der Waals surface area contributed by atoms with E-state index < -0.39 is 47.3 Å². The van der Waals surface area contributed by atoms with Crippen LogP contribution in [-0.2, 0) is 23.8 Å². The molecular weight excluding hydrogens is 342 g/mol. The van der Waals surface area contributed by atoms with Gasteiger partial charge in [-0.05, 0) is 6.92 Å². The molecule has 0 radical (unpaired) electrons. The first-order chi connectivity index (χ1) is 11.7. The highest BCUT2D eigenvalue weighted by molar-refractivity contribution is 6.01. The molecule has 2 aliphatic rings. The molecule has 2 fully saturated rings. The van der Waals surface area contributed by atoms with Gasteiger partial charge < -0.3 is 19.3 Å². The highest BCUT2D eigenvalue weighted by atomic mass is 17.0. The van der Waals surface area contributed by atoms with E-state index in [0.717, 1.165) is 18.9 Å². The van der Waals surface area contributed by atoms with Crippen molar-refractivity contribution < 1.29 is 38.8 Å². The van der Waals surface area contributed by atoms with Crippen LogP contribution in [0.4, 0.5) is 4.79 Å². The molecule has 1 N–H and O–H groups in total. The highest BCUT2D eigenvalue weighted by Gasteiger charge is 2.59. The lowest BCUT2D eigenvalue weighted by atomic mass is 9.98. The molecule has 0 aromatic rings. The van der Waals surface area contributed by atoms with Gasteiger partial charge in [-0.25, -0.2) is 4.79 Å². The number of hydrogen-bond donors (Lipinski definition) is 1. The van der Waals surface area contributed by atoms with Crippen molar-refractivity contribution in [1.82, 2.24) is 9.80 Å². The number of carbonyl (C=O) groups is 2. The third kappa shape index (κ3) is 3.25. The molecule has 12 heteroatoms. The zero-order valence-electron chi connectivity index (χ0n) is 14.3. The van der Waals surface area contributed by atoms with Crippen molar-refractivity contribution in [2.24, 2.45) is 0 Å². The molecule has 0 saturated carbocycles. The van der Waals surface area contributed by atoms with Gasteiger partial charge in [0.1, 0.15) is 12.3 Å². The van der Waals surface area contributed by atoms with Crippen LogP contribution in [0, 0.1) is 10.1 Å². The van der Waals surface area contributed by atoms with Crippen molar-refractivity contribution in [3.8, 4) is 0 Å². The normalized spacial score (nSPS) is 36.0. The second kappa shape index (κ2) is 7.07. The molecule has 0 aromatic heterocycles. The van der Waals surface area contributed by atoms with Crippen LogP contribution >= 0.6 is 0 Å². The van der Waals surface area contributed by atoms with Crippen LogP contribution in [0.2, 0.25) is 0 Å². The lowest BCUT2D eigenvalue weighted by molar-refractivity contribution is -0.779. The molecule has 0 aromatic carbocycles. The first-order valence-corrected chi connectivity index (χ1v) is 7.46. The Kier molecular flexibility index (Phi) is 5.46. The Balaban J connectivity index is 2.31. The first-order valence-electron chi connectivity index (χ1n) is 7.46. The number of hydrogen-bond acceptors (Lipinski definition) is 9. The number of amides is 3. The van der Waals surface area contributed by atoms with Gasteiger partial charge in [0.05, 0.1) is 12.7 Å². The fourth-order valence-electron chi connectivity index (χ4n) is 3.03. The van der Waals surface area contributed by atoms with E-state index in [1.54, 1.807) is 0 Å². The Hall–Kier alpha value is -2.02. The van der Waals surface area contributed by atoms with Crippen LogP contribution in [0.3, 0.4) is 0 Å². The molecule has 3 amide bonds. The molecule has 2 aliphatic heterocycles. The van der Waals surface area contributed by atoms with Gasteiger partial charge in [-0.3, -0.25) is 19.4 Å². The summed E-state index contributed by atoms with van der Waals surface area (Å²) in [6.45, 7) is 1.22. The van der Waals surface area contributed by atoms with Crippen LogP contribution in [0.1, 0.15) is 13.3 Å². The Morgan fingerprint density at radius 1 is 1.44 bits per heavy atom. The molecule has 0 bridgehead atoms. The minimum Gasteiger partial charge on any atom is -0.382 e. The van der Waals surface area contributed by atoms with Gasteiger partial charge in [0.15, 0.2) is 6.23 Å². The third-order valence-electron chi connectivity index (χ3n) is 4.38. The Bertz CT molecular complexity index is 559. The van der Waals surface area contributed by atoms with E-state index in [1.165, 1.54) is 14.2 Å². The van der Waals surface area contributed by atoms with Gasteiger partial charge in [0, 0.05) is 27.7 Å². The average molecular weight is 363 g/mol. The Morgan fingerprint density at radius 2 is 2.08 bits per heavy atom. The van der Waals surface area contributed by atoms with Gasteiger partial charge in [-0.15, -0.1) is 10.1 Å². The van der Waals surface area contributed by atoms with E-state index in [2.05, 4.69) is 4.84 Å². The molecule has 0 spiro atoms. The van der Waals surface area contributed by atoms with E-state index in [-0.39, 0.29) is 13.0 Å². The minimum absolute atomic E-state index is 0.184. The fraction of sp³-hybridized carbons (Fsp3) is 0.846. The summed E-state index contributed by atoms with van der Waals surface area (Å²) in [5.41, 5.74) is -2.28. The summed E-state index contributed by atoms with van der Waals surface area (Å²) in [7, 11) is 4.07. The maximum Gasteiger partial charge on any atom is 0.330 e. The summed E-state index contributed by atoms with van der Waals surface area (Å²) < 4.78 is 16.0. The summed E-state index contributed by atoms with van der Waals surface area (Å²) in [5, 5.41) is 20.1. The molecule has 0 unspecified atom stereocenters. The number of imide groups is 1. The summed E-state index contributed by atoms with van der Waals surface area (Å²) in [4.78, 5) is 41.4. The topological polar surface area (TPSA) is 141 Å². The predicted octanol–water partition coefficient (Wildman–Crippen LogP) is -1.06. The maximum absolute atomic E-state index is 12.5. The number of methoxy groups -OCH3 is 2. The van der Waals surface area contributed by atoms with E-state index in [0.29, 0.717) is 4.90 Å². The molecule has 2 heterocycles. The quantitative estimate of drug-likeness (QED) is 0.462. The molecule has 5 atom stereocenters. The number of nitrogens with zero attached hydrogens (tertiary/aromatic N) is 3. The Labute approximate surface area is 143 Å². The number of carbonyl (C=O) groups excluding carboxylic acids is 2. The SMILES string of the molecule is COC[C@H]1O[C@@H](N2C(=O)N(C)C(=O)[C@@](C)(O[N+](=O)[O-])[C@@H]2O)C[C@@H]1OC. The van der Waals surface area contributed by atoms with E-state index in [9.17, 15) is 24.8 Å². The smallest absolute Gasteiger partial charge is 0.330 e. The molecule has 2 rings (SSSR count). The van der Waals surface area contributed by atoms with Crippen molar-refractivity contribution in [3.63, 3.8) is 0 Å². The molecule has 142 valence electrons. The fourth-order valence-corrected chi connectivity index (χ4v) is 3.03. The maximum atomic E-state index is 12.5. The number of aliphatic hydroxyl groups is 1. The molecule has 25 heavy (non-hydrogen) atoms. The van der Waals surface area contributed by atoms with Gasteiger partial charge in [-0.2, -0.15) is 0 Å². The standard InChI is InChI=1S/C13H21N3O9/c1-13(25-16(20)21)10(17)14(2)12(19)15(11(13)18)9-5-7(23-4)8(24-9)6-22-3/h7-9,11,18H,5-6H2,1-4H3/t7-,8+,9+,11-,13+/m0/s1. The van der Waals surface area contributed by atoms with Crippen LogP contribution < -0.4 is 0 Å². The van der Waals surface area contributed by atoms with E-state index in [4.69, 9.17) is 14.2 Å². The molecule has 0 aliphatic carbocycles. The first kappa shape index (κ1) is 19.3. The van der Waals surface area contributed by atoms with Crippen LogP contribution in [0.5, 0.6) is 0 Å². The third-order valence-corrected chi connectivity index (χ3v) is 4.38. The summed E-state index contributed by atoms with van der Waals surface area (Å²) >= 11 is 0. The van der Waals surface area contributed by atoms with E-state index in [1.807, 2.05) is 0 Å². The van der Waals surface area contributed by atoms with Crippen molar-refractivity contribution in [2.75, 3.05) is 27.9 Å². The predicted molar refractivity (Wildman–Crippen MR) is 78.4 cm³/mol. The van der Waals surface area contributed by atoms with Crippen molar-refractivity contribution in [1.29, 1.82) is 0 Å². The monoisotopic (exact) mass is 363 g/mol. The molecule has 12 nitrogen and oxygen atoms in total. The van der Waals surface area contributed by atoms with Crippen molar-refractivity contribution in [2.45, 2.75) is 43.6 Å². The second-order valence-corrected chi connectivity index (χ2v) is 5.94. The molecule has 2 saturated heterocycles. The van der Waals surface area contributed by atoms with Crippen molar-refractivity contribution >= 4 is 11.9 Å². The highest BCUT2D eigenvalue weighted by Crippen LogP contribution is 2.34. The van der Waals surface area contributed by atoms with Crippen LogP contribution in [0.25, 0.3) is 0 Å². The van der Waals surface area contributed by atoms with Gasteiger partial charge >= 0.3 is 6.03 Å². The summed E-state index contributed by atoms with van der Waals surface area (Å²) in [6, 6.07) is -0.861. The number of aliphatic hydroxyl groups excluding tert-OH is 1. The lowest BCUT2D eigenvalue weighted by Crippen LogP contribution is -2.72. The Morgan fingerprint density at radius 3 is 2.60 bits per heavy atom. The van der Waals surface area contributed by atoms with Gasteiger partial charge in [0.2, 0.25) is 5.60 Å². The van der Waals surface area contributed by atoms with Gasteiger partial charge in [-0.1, -0.05) is 0 Å². The van der Waals surface area contributed by atoms with Crippen molar-refractivity contribution in [3.05, 3.63) is 10.1 Å².